The number of hydrogen-bond acceptors (Lipinski definition) is 4. The highest BCUT2D eigenvalue weighted by molar-refractivity contribution is 14.2. The summed E-state index contributed by atoms with van der Waals surface area (Å²) in [4.78, 5) is 4.40. The van der Waals surface area contributed by atoms with E-state index in [2.05, 4.69) is 87.4 Å². The van der Waals surface area contributed by atoms with Gasteiger partial charge in [-0.3, -0.25) is 0 Å². The van der Waals surface area contributed by atoms with Gasteiger partial charge in [0.05, 0.1) is 19.1 Å². The molecule has 1 aliphatic rings. The Labute approximate surface area is 211 Å². The first-order valence-electron chi connectivity index (χ1n) is 10.9. The SMILES string of the molecule is CO.COC1CC(c2ccc(-c3ccc(C#CCn4ccnc4C(C)OPI)cc3)cc2)C1. The number of nitrogens with zero attached hydrogens (tertiary/aromatic N) is 2. The molecule has 0 radical (unpaired) electrons. The van der Waals surface area contributed by atoms with E-state index in [0.717, 1.165) is 31.3 Å². The van der Waals surface area contributed by atoms with Gasteiger partial charge < -0.3 is 18.9 Å². The third-order valence-corrected chi connectivity index (χ3v) is 7.05. The number of aliphatic hydroxyl groups excluding tert-OH is 1. The van der Waals surface area contributed by atoms with Crippen LogP contribution in [0.1, 0.15) is 48.7 Å². The molecule has 2 unspecified atom stereocenters. The molecule has 2 aromatic carbocycles. The molecule has 5 nitrogen and oxygen atoms in total. The maximum absolute atomic E-state index is 7.00. The van der Waals surface area contributed by atoms with Gasteiger partial charge in [-0.1, -0.05) is 48.2 Å². The zero-order valence-electron chi connectivity index (χ0n) is 19.2. The van der Waals surface area contributed by atoms with Gasteiger partial charge in [-0.05, 0) is 76.5 Å². The van der Waals surface area contributed by atoms with Crippen LogP contribution in [0.3, 0.4) is 0 Å². The molecule has 1 saturated carbocycles. The first-order chi connectivity index (χ1) is 16.2. The van der Waals surface area contributed by atoms with Gasteiger partial charge >= 0.3 is 0 Å². The zero-order chi connectivity index (χ0) is 23.6. The Kier molecular flexibility index (Phi) is 10.4. The van der Waals surface area contributed by atoms with Crippen molar-refractivity contribution >= 4 is 28.5 Å². The average molecular weight is 576 g/mol. The molecule has 2 atom stereocenters. The minimum Gasteiger partial charge on any atom is -0.400 e. The van der Waals surface area contributed by atoms with E-state index in [9.17, 15) is 0 Å². The monoisotopic (exact) mass is 576 g/mol. The topological polar surface area (TPSA) is 56.5 Å². The highest BCUT2D eigenvalue weighted by Gasteiger charge is 2.29. The number of methoxy groups -OCH3 is 1. The minimum atomic E-state index is -0.0246. The van der Waals surface area contributed by atoms with Gasteiger partial charge in [0.1, 0.15) is 11.9 Å². The Bertz CT molecular complexity index is 1050. The molecule has 4 rings (SSSR count). The van der Waals surface area contributed by atoms with Gasteiger partial charge in [-0.2, -0.15) is 0 Å². The van der Waals surface area contributed by atoms with Crippen molar-refractivity contribution in [2.75, 3.05) is 14.2 Å². The minimum absolute atomic E-state index is 0.0246. The van der Waals surface area contributed by atoms with Crippen molar-refractivity contribution in [2.45, 2.75) is 44.4 Å². The van der Waals surface area contributed by atoms with E-state index in [1.807, 2.05) is 17.7 Å². The summed E-state index contributed by atoms with van der Waals surface area (Å²) in [6.07, 6.45) is 6.43. The number of ether oxygens (including phenoxy) is 1. The van der Waals surface area contributed by atoms with Crippen molar-refractivity contribution in [3.8, 4) is 23.0 Å². The molecule has 0 spiro atoms. The lowest BCUT2D eigenvalue weighted by atomic mass is 9.77. The fourth-order valence-electron chi connectivity index (χ4n) is 3.88. The smallest absolute Gasteiger partial charge is 0.138 e. The summed E-state index contributed by atoms with van der Waals surface area (Å²) >= 11 is 2.23. The Balaban J connectivity index is 0.00000149. The van der Waals surface area contributed by atoms with Crippen LogP contribution in [-0.2, 0) is 15.8 Å². The van der Waals surface area contributed by atoms with E-state index in [4.69, 9.17) is 14.4 Å². The molecule has 33 heavy (non-hydrogen) atoms. The predicted molar refractivity (Wildman–Crippen MR) is 144 cm³/mol. The number of aromatic nitrogens is 2. The first kappa shape index (κ1) is 25.9. The van der Waals surface area contributed by atoms with Crippen LogP contribution in [0.25, 0.3) is 11.1 Å². The summed E-state index contributed by atoms with van der Waals surface area (Å²) in [6.45, 7) is 3.03. The number of rotatable bonds is 7. The lowest BCUT2D eigenvalue weighted by Crippen LogP contribution is -2.28. The van der Waals surface area contributed by atoms with Gasteiger partial charge in [0, 0.05) is 32.2 Å². The number of hydrogen-bond donors (Lipinski definition) is 1. The summed E-state index contributed by atoms with van der Waals surface area (Å²) in [5.74, 6) is 8.06. The summed E-state index contributed by atoms with van der Waals surface area (Å²) in [7, 11) is 2.80. The van der Waals surface area contributed by atoms with Gasteiger partial charge in [-0.25, -0.2) is 4.98 Å². The lowest BCUT2D eigenvalue weighted by Gasteiger charge is -2.34. The molecular weight excluding hydrogens is 546 g/mol. The third kappa shape index (κ3) is 6.88. The average Bonchev–Trinajstić information content (AvgIpc) is 3.30. The molecule has 1 N–H and O–H groups in total. The van der Waals surface area contributed by atoms with Crippen molar-refractivity contribution in [2.24, 2.45) is 0 Å². The van der Waals surface area contributed by atoms with Crippen LogP contribution < -0.4 is 0 Å². The van der Waals surface area contributed by atoms with E-state index < -0.39 is 0 Å². The summed E-state index contributed by atoms with van der Waals surface area (Å²) < 4.78 is 13.1. The second-order valence-corrected chi connectivity index (χ2v) is 9.49. The number of aliphatic hydroxyl groups is 1. The van der Waals surface area contributed by atoms with Crippen LogP contribution in [0.5, 0.6) is 0 Å². The van der Waals surface area contributed by atoms with Crippen molar-refractivity contribution in [3.05, 3.63) is 77.9 Å². The van der Waals surface area contributed by atoms with E-state index in [-0.39, 0.29) is 6.10 Å². The molecule has 1 aliphatic carbocycles. The third-order valence-electron chi connectivity index (χ3n) is 5.84. The molecule has 1 heterocycles. The van der Waals surface area contributed by atoms with E-state index in [1.54, 1.807) is 13.3 Å². The van der Waals surface area contributed by atoms with Crippen LogP contribution in [0.15, 0.2) is 60.9 Å². The zero-order valence-corrected chi connectivity index (χ0v) is 22.3. The molecule has 0 aliphatic heterocycles. The number of imidazole rings is 1. The van der Waals surface area contributed by atoms with Crippen LogP contribution in [0, 0.1) is 11.8 Å². The number of halogens is 1. The molecule has 3 aromatic rings. The summed E-state index contributed by atoms with van der Waals surface area (Å²) in [5.41, 5.74) is 4.87. The maximum atomic E-state index is 7.00. The molecule has 1 aromatic heterocycles. The highest BCUT2D eigenvalue weighted by atomic mass is 127. The quantitative estimate of drug-likeness (QED) is 0.209. The van der Waals surface area contributed by atoms with Crippen LogP contribution in [0.4, 0.5) is 0 Å². The molecule has 0 amide bonds. The Morgan fingerprint density at radius 2 is 1.76 bits per heavy atom. The Hall–Kier alpha value is -1.75. The molecule has 174 valence electrons. The molecule has 0 saturated heterocycles. The predicted octanol–water partition coefficient (Wildman–Crippen LogP) is 6.12. The second kappa shape index (κ2) is 13.2. The van der Waals surface area contributed by atoms with Crippen LogP contribution in [0.2, 0.25) is 0 Å². The van der Waals surface area contributed by atoms with Crippen LogP contribution in [-0.4, -0.2) is 35.0 Å². The van der Waals surface area contributed by atoms with E-state index in [0.29, 0.717) is 25.0 Å². The largest absolute Gasteiger partial charge is 0.400 e. The lowest BCUT2D eigenvalue weighted by molar-refractivity contribution is 0.0258. The van der Waals surface area contributed by atoms with Gasteiger partial charge in [-0.15, -0.1) is 0 Å². The van der Waals surface area contributed by atoms with Gasteiger partial charge in [0.25, 0.3) is 0 Å². The van der Waals surface area contributed by atoms with Crippen molar-refractivity contribution in [1.29, 1.82) is 0 Å². The van der Waals surface area contributed by atoms with E-state index in [1.165, 1.54) is 16.7 Å². The molecule has 0 bridgehead atoms. The fraction of sp³-hybridized carbons (Fsp3) is 0.346. The Morgan fingerprint density at radius 1 is 1.12 bits per heavy atom. The number of benzene rings is 2. The van der Waals surface area contributed by atoms with Crippen molar-refractivity contribution in [3.63, 3.8) is 0 Å². The van der Waals surface area contributed by atoms with Gasteiger partial charge in [0.15, 0.2) is 0 Å². The Morgan fingerprint density at radius 3 is 2.36 bits per heavy atom. The summed E-state index contributed by atoms with van der Waals surface area (Å²) in [5, 5.41) is 7.00. The normalized spacial score (nSPS) is 18.1. The summed E-state index contributed by atoms with van der Waals surface area (Å²) in [6, 6.07) is 17.4. The molecule has 1 fully saturated rings. The fourth-order valence-corrected chi connectivity index (χ4v) is 5.27. The molecular formula is C26H30IN2O3P. The van der Waals surface area contributed by atoms with Gasteiger partial charge in [0.2, 0.25) is 0 Å². The standard InChI is InChI=1S/C25H26IN2O2P.CH4O/c1-18(30-31-26)25-27-13-15-28(25)14-3-4-19-5-7-20(8-6-19)21-9-11-22(12-10-21)23-16-24(17-23)29-2;1-2/h5-13,15,18,23-24,31H,14,16-17H2,1-2H3;2H,1H3. The van der Waals surface area contributed by atoms with Crippen LogP contribution >= 0.6 is 28.5 Å². The maximum Gasteiger partial charge on any atom is 0.138 e. The van der Waals surface area contributed by atoms with Crippen molar-refractivity contribution < 1.29 is 14.4 Å². The first-order valence-corrected chi connectivity index (χ1v) is 14.9. The highest BCUT2D eigenvalue weighted by Crippen LogP contribution is 2.39. The molecule has 7 heteroatoms. The van der Waals surface area contributed by atoms with E-state index >= 15 is 0 Å². The van der Waals surface area contributed by atoms with Crippen molar-refractivity contribution in [1.82, 2.24) is 9.55 Å². The second-order valence-electron chi connectivity index (χ2n) is 7.78.